The summed E-state index contributed by atoms with van der Waals surface area (Å²) in [5.41, 5.74) is 3.05. The van der Waals surface area contributed by atoms with Gasteiger partial charge >= 0.3 is 0 Å². The van der Waals surface area contributed by atoms with Crippen molar-refractivity contribution in [3.63, 3.8) is 0 Å². The van der Waals surface area contributed by atoms with E-state index in [4.69, 9.17) is 0 Å². The van der Waals surface area contributed by atoms with Gasteiger partial charge in [-0.15, -0.1) is 11.8 Å². The van der Waals surface area contributed by atoms with Crippen LogP contribution in [0.1, 0.15) is 15.9 Å². The maximum atomic E-state index is 12.2. The number of carbonyl (C=O) groups is 1. The number of hydrogen-bond donors (Lipinski definition) is 0. The first-order valence-electron chi connectivity index (χ1n) is 6.55. The first kappa shape index (κ1) is 14.7. The Bertz CT molecular complexity index is 575. The minimum absolute atomic E-state index is 0.140. The van der Waals surface area contributed by atoms with Crippen molar-refractivity contribution in [1.29, 1.82) is 0 Å². The Balaban J connectivity index is 2.04. The fraction of sp³-hybridized carbons (Fsp3) is 0.235. The Morgan fingerprint density at radius 2 is 1.65 bits per heavy atom. The summed E-state index contributed by atoms with van der Waals surface area (Å²) in [6, 6.07) is 16.0. The molecule has 0 aromatic heterocycles. The van der Waals surface area contributed by atoms with Crippen LogP contribution in [0, 0.1) is 6.92 Å². The number of nitrogens with zero attached hydrogens (tertiary/aromatic N) is 1. The number of hydrogen-bond acceptors (Lipinski definition) is 3. The van der Waals surface area contributed by atoms with E-state index in [0.717, 1.165) is 11.3 Å². The number of rotatable bonds is 5. The second kappa shape index (κ2) is 6.62. The molecule has 0 heterocycles. The van der Waals surface area contributed by atoms with Gasteiger partial charge in [-0.1, -0.05) is 29.8 Å². The van der Waals surface area contributed by atoms with E-state index in [2.05, 4.69) is 19.1 Å². The second-order valence-electron chi connectivity index (χ2n) is 4.84. The molecule has 2 rings (SSSR count). The third-order valence-electron chi connectivity index (χ3n) is 3.27. The molecular weight excluding hydrogens is 266 g/mol. The third-order valence-corrected chi connectivity index (χ3v) is 4.01. The van der Waals surface area contributed by atoms with Crippen molar-refractivity contribution in [1.82, 2.24) is 0 Å². The average Bonchev–Trinajstić information content (AvgIpc) is 2.48. The first-order valence-corrected chi connectivity index (χ1v) is 7.77. The van der Waals surface area contributed by atoms with Gasteiger partial charge in [0.05, 0.1) is 6.54 Å². The van der Waals surface area contributed by atoms with Gasteiger partial charge in [-0.3, -0.25) is 4.79 Å². The lowest BCUT2D eigenvalue weighted by Gasteiger charge is -2.18. The number of aryl methyl sites for hydroxylation is 1. The molecule has 0 saturated carbocycles. The third kappa shape index (κ3) is 3.64. The van der Waals surface area contributed by atoms with Crippen molar-refractivity contribution in [2.75, 3.05) is 24.7 Å². The molecule has 2 nitrogen and oxygen atoms in total. The molecule has 0 N–H and O–H groups in total. The summed E-state index contributed by atoms with van der Waals surface area (Å²) in [5.74, 6) is 0.140. The summed E-state index contributed by atoms with van der Waals surface area (Å²) >= 11 is 1.68. The van der Waals surface area contributed by atoms with E-state index in [1.165, 1.54) is 10.5 Å². The fourth-order valence-electron chi connectivity index (χ4n) is 1.97. The van der Waals surface area contributed by atoms with Gasteiger partial charge in [0, 0.05) is 23.2 Å². The molecule has 2 aromatic carbocycles. The summed E-state index contributed by atoms with van der Waals surface area (Å²) in [6.07, 6.45) is 2.03. The maximum Gasteiger partial charge on any atom is 0.182 e. The number of carbonyl (C=O) groups excluding carboxylic acids is 1. The van der Waals surface area contributed by atoms with Gasteiger partial charge in [0.25, 0.3) is 0 Å². The summed E-state index contributed by atoms with van der Waals surface area (Å²) in [4.78, 5) is 15.4. The SMILES string of the molecule is CSc1ccc(C(=O)CN(C)c2ccc(C)cc2)cc1. The lowest BCUT2D eigenvalue weighted by atomic mass is 10.1. The van der Waals surface area contributed by atoms with Crippen molar-refractivity contribution in [3.05, 3.63) is 59.7 Å². The monoisotopic (exact) mass is 285 g/mol. The Morgan fingerprint density at radius 3 is 2.20 bits per heavy atom. The quantitative estimate of drug-likeness (QED) is 0.611. The van der Waals surface area contributed by atoms with Crippen molar-refractivity contribution in [2.24, 2.45) is 0 Å². The smallest absolute Gasteiger partial charge is 0.182 e. The Labute approximate surface area is 124 Å². The molecule has 0 saturated heterocycles. The second-order valence-corrected chi connectivity index (χ2v) is 5.72. The molecule has 3 heteroatoms. The van der Waals surface area contributed by atoms with E-state index in [9.17, 15) is 4.79 Å². The average molecular weight is 285 g/mol. The number of ketones is 1. The zero-order valence-corrected chi connectivity index (χ0v) is 12.9. The zero-order chi connectivity index (χ0) is 14.5. The van der Waals surface area contributed by atoms with Crippen molar-refractivity contribution in [3.8, 4) is 0 Å². The number of benzene rings is 2. The number of anilines is 1. The lowest BCUT2D eigenvalue weighted by molar-refractivity contribution is 0.100. The Morgan fingerprint density at radius 1 is 1.05 bits per heavy atom. The molecule has 104 valence electrons. The van der Waals surface area contributed by atoms with E-state index in [0.29, 0.717) is 6.54 Å². The van der Waals surface area contributed by atoms with E-state index < -0.39 is 0 Å². The van der Waals surface area contributed by atoms with Crippen molar-refractivity contribution in [2.45, 2.75) is 11.8 Å². The molecule has 0 aliphatic heterocycles. The Kier molecular flexibility index (Phi) is 4.85. The largest absolute Gasteiger partial charge is 0.367 e. The van der Waals surface area contributed by atoms with E-state index >= 15 is 0 Å². The molecule has 0 aliphatic carbocycles. The highest BCUT2D eigenvalue weighted by Crippen LogP contribution is 2.17. The van der Waals surface area contributed by atoms with E-state index in [1.54, 1.807) is 11.8 Å². The number of likely N-dealkylation sites (N-methyl/N-ethyl adjacent to an activating group) is 1. The summed E-state index contributed by atoms with van der Waals surface area (Å²) in [6.45, 7) is 2.45. The molecule has 0 spiro atoms. The van der Waals surface area contributed by atoms with E-state index in [-0.39, 0.29) is 5.78 Å². The van der Waals surface area contributed by atoms with Crippen LogP contribution in [0.25, 0.3) is 0 Å². The topological polar surface area (TPSA) is 20.3 Å². The standard InChI is InChI=1S/C17H19NOS/c1-13-4-8-15(9-5-13)18(2)12-17(19)14-6-10-16(20-3)11-7-14/h4-11H,12H2,1-3H3. The van der Waals surface area contributed by atoms with Crippen LogP contribution in [0.15, 0.2) is 53.4 Å². The van der Waals surface area contributed by atoms with Crippen LogP contribution >= 0.6 is 11.8 Å². The minimum Gasteiger partial charge on any atom is -0.367 e. The van der Waals surface area contributed by atoms with Gasteiger partial charge in [-0.25, -0.2) is 0 Å². The normalized spacial score (nSPS) is 10.3. The van der Waals surface area contributed by atoms with Gasteiger partial charge in [-0.2, -0.15) is 0 Å². The highest BCUT2D eigenvalue weighted by atomic mass is 32.2. The first-order chi connectivity index (χ1) is 9.60. The highest BCUT2D eigenvalue weighted by Gasteiger charge is 2.09. The van der Waals surface area contributed by atoms with Gasteiger partial charge in [0.2, 0.25) is 0 Å². The summed E-state index contributed by atoms with van der Waals surface area (Å²) in [7, 11) is 1.94. The molecule has 0 amide bonds. The van der Waals surface area contributed by atoms with Crippen LogP contribution in [0.5, 0.6) is 0 Å². The van der Waals surface area contributed by atoms with Crippen LogP contribution < -0.4 is 4.90 Å². The van der Waals surface area contributed by atoms with Gasteiger partial charge < -0.3 is 4.90 Å². The molecule has 20 heavy (non-hydrogen) atoms. The zero-order valence-electron chi connectivity index (χ0n) is 12.1. The molecule has 0 bridgehead atoms. The molecule has 0 unspecified atom stereocenters. The van der Waals surface area contributed by atoms with Crippen molar-refractivity contribution >= 4 is 23.2 Å². The molecule has 0 fully saturated rings. The number of thioether (sulfide) groups is 1. The summed E-state index contributed by atoms with van der Waals surface area (Å²) in [5, 5.41) is 0. The maximum absolute atomic E-state index is 12.2. The van der Waals surface area contributed by atoms with Gasteiger partial charge in [-0.05, 0) is 37.4 Å². The van der Waals surface area contributed by atoms with Crippen LogP contribution in [-0.2, 0) is 0 Å². The predicted molar refractivity (Wildman–Crippen MR) is 87.0 cm³/mol. The highest BCUT2D eigenvalue weighted by molar-refractivity contribution is 7.98. The molecular formula is C17H19NOS. The van der Waals surface area contributed by atoms with Gasteiger partial charge in [0.15, 0.2) is 5.78 Å². The molecule has 0 radical (unpaired) electrons. The lowest BCUT2D eigenvalue weighted by Crippen LogP contribution is -2.25. The van der Waals surface area contributed by atoms with Crippen LogP contribution in [0.2, 0.25) is 0 Å². The van der Waals surface area contributed by atoms with Crippen LogP contribution in [-0.4, -0.2) is 25.6 Å². The Hall–Kier alpha value is -1.74. The molecule has 0 aliphatic rings. The molecule has 2 aromatic rings. The van der Waals surface area contributed by atoms with Crippen molar-refractivity contribution < 1.29 is 4.79 Å². The van der Waals surface area contributed by atoms with Crippen LogP contribution in [0.4, 0.5) is 5.69 Å². The fourth-order valence-corrected chi connectivity index (χ4v) is 2.38. The number of Topliss-reactive ketones (excluding diaryl/α,β-unsaturated/α-hetero) is 1. The van der Waals surface area contributed by atoms with Crippen LogP contribution in [0.3, 0.4) is 0 Å². The van der Waals surface area contributed by atoms with Gasteiger partial charge in [0.1, 0.15) is 0 Å². The predicted octanol–water partition coefficient (Wildman–Crippen LogP) is 4.04. The minimum atomic E-state index is 0.140. The van der Waals surface area contributed by atoms with E-state index in [1.807, 2.05) is 54.6 Å². The molecule has 0 atom stereocenters. The summed E-state index contributed by atoms with van der Waals surface area (Å²) < 4.78 is 0.